The van der Waals surface area contributed by atoms with E-state index in [1.807, 2.05) is 33.8 Å². The molecule has 0 bridgehead atoms. The van der Waals surface area contributed by atoms with Crippen LogP contribution in [0.4, 0.5) is 0 Å². The maximum absolute atomic E-state index is 9.94. The summed E-state index contributed by atoms with van der Waals surface area (Å²) in [4.78, 5) is 0. The van der Waals surface area contributed by atoms with Crippen LogP contribution in [0.1, 0.15) is 30.5 Å². The van der Waals surface area contributed by atoms with E-state index in [1.54, 1.807) is 0 Å². The zero-order valence-corrected chi connectivity index (χ0v) is 10.4. The van der Waals surface area contributed by atoms with Gasteiger partial charge in [-0.1, -0.05) is 17.7 Å². The first kappa shape index (κ1) is 12.3. The molecule has 2 nitrogen and oxygen atoms in total. The van der Waals surface area contributed by atoms with Crippen molar-refractivity contribution in [2.24, 2.45) is 5.73 Å². The molecule has 0 unspecified atom stereocenters. The SMILES string of the molecule is Cc1cc(C)c(CC(C)(C)N)c(O)c1Cl. The quantitative estimate of drug-likeness (QED) is 0.816. The predicted octanol–water partition coefficient (Wildman–Crippen LogP) is 2.94. The van der Waals surface area contributed by atoms with Crippen LogP contribution in [0.15, 0.2) is 6.07 Å². The minimum Gasteiger partial charge on any atom is -0.506 e. The fourth-order valence-corrected chi connectivity index (χ4v) is 1.83. The molecule has 0 aliphatic carbocycles. The molecule has 3 N–H and O–H groups in total. The molecule has 0 aliphatic rings. The molecule has 84 valence electrons. The lowest BCUT2D eigenvalue weighted by atomic mass is 9.91. The first-order valence-electron chi connectivity index (χ1n) is 4.99. The molecule has 0 radical (unpaired) electrons. The lowest BCUT2D eigenvalue weighted by molar-refractivity contribution is 0.448. The van der Waals surface area contributed by atoms with Gasteiger partial charge in [0.2, 0.25) is 0 Å². The van der Waals surface area contributed by atoms with Crippen molar-refractivity contribution in [3.8, 4) is 5.75 Å². The topological polar surface area (TPSA) is 46.2 Å². The van der Waals surface area contributed by atoms with E-state index in [1.165, 1.54) is 0 Å². The number of rotatable bonds is 2. The molecule has 0 saturated heterocycles. The van der Waals surface area contributed by atoms with Gasteiger partial charge in [-0.05, 0) is 45.2 Å². The van der Waals surface area contributed by atoms with E-state index in [9.17, 15) is 5.11 Å². The standard InChI is InChI=1S/C12H18ClNO/c1-7-5-8(2)10(13)11(15)9(7)6-12(3,4)14/h5,15H,6,14H2,1-4H3. The van der Waals surface area contributed by atoms with Crippen LogP contribution in [0.2, 0.25) is 5.02 Å². The molecule has 3 heteroatoms. The van der Waals surface area contributed by atoms with Crippen LogP contribution in [-0.4, -0.2) is 10.6 Å². The second-order valence-corrected chi connectivity index (χ2v) is 5.19. The van der Waals surface area contributed by atoms with Crippen LogP contribution in [0, 0.1) is 13.8 Å². The van der Waals surface area contributed by atoms with Crippen LogP contribution >= 0.6 is 11.6 Å². The summed E-state index contributed by atoms with van der Waals surface area (Å²) in [5.74, 6) is 0.174. The van der Waals surface area contributed by atoms with Crippen LogP contribution in [0.5, 0.6) is 5.75 Å². The van der Waals surface area contributed by atoms with Crippen molar-refractivity contribution in [2.45, 2.75) is 39.7 Å². The number of phenolic OH excluding ortho intramolecular Hbond substituents is 1. The highest BCUT2D eigenvalue weighted by molar-refractivity contribution is 6.32. The fraction of sp³-hybridized carbons (Fsp3) is 0.500. The van der Waals surface area contributed by atoms with E-state index in [-0.39, 0.29) is 11.3 Å². The zero-order valence-electron chi connectivity index (χ0n) is 9.69. The molecule has 0 saturated carbocycles. The molecule has 15 heavy (non-hydrogen) atoms. The Morgan fingerprint density at radius 2 is 1.87 bits per heavy atom. The Hall–Kier alpha value is -0.730. The third kappa shape index (κ3) is 2.86. The summed E-state index contributed by atoms with van der Waals surface area (Å²) < 4.78 is 0. The van der Waals surface area contributed by atoms with Crippen molar-refractivity contribution >= 4 is 11.6 Å². The molecule has 0 heterocycles. The Morgan fingerprint density at radius 1 is 1.33 bits per heavy atom. The molecular formula is C12H18ClNO. The van der Waals surface area contributed by atoms with Gasteiger partial charge in [0.25, 0.3) is 0 Å². The number of hydrogen-bond donors (Lipinski definition) is 2. The largest absolute Gasteiger partial charge is 0.506 e. The number of halogens is 1. The maximum atomic E-state index is 9.94. The molecule has 1 aromatic carbocycles. The normalized spacial score (nSPS) is 11.9. The molecule has 0 atom stereocenters. The zero-order chi connectivity index (χ0) is 11.8. The number of phenols is 1. The average molecular weight is 228 g/mol. The second-order valence-electron chi connectivity index (χ2n) is 4.82. The van der Waals surface area contributed by atoms with Gasteiger partial charge in [-0.3, -0.25) is 0 Å². The fourth-order valence-electron chi connectivity index (χ4n) is 1.66. The summed E-state index contributed by atoms with van der Waals surface area (Å²) in [6, 6.07) is 1.98. The van der Waals surface area contributed by atoms with Gasteiger partial charge in [-0.25, -0.2) is 0 Å². The van der Waals surface area contributed by atoms with Crippen molar-refractivity contribution in [1.29, 1.82) is 0 Å². The van der Waals surface area contributed by atoms with Gasteiger partial charge >= 0.3 is 0 Å². The number of aryl methyl sites for hydroxylation is 2. The Morgan fingerprint density at radius 3 is 2.33 bits per heavy atom. The lowest BCUT2D eigenvalue weighted by Crippen LogP contribution is -2.34. The van der Waals surface area contributed by atoms with E-state index in [4.69, 9.17) is 17.3 Å². The molecule has 0 aromatic heterocycles. The Kier molecular flexibility index (Phi) is 3.31. The molecule has 0 spiro atoms. The third-order valence-corrected chi connectivity index (χ3v) is 2.86. The molecular weight excluding hydrogens is 210 g/mol. The first-order valence-corrected chi connectivity index (χ1v) is 5.36. The highest BCUT2D eigenvalue weighted by Crippen LogP contribution is 2.34. The van der Waals surface area contributed by atoms with Crippen molar-refractivity contribution in [3.05, 3.63) is 27.8 Å². The summed E-state index contributed by atoms with van der Waals surface area (Å²) in [5, 5.41) is 10.4. The molecule has 1 rings (SSSR count). The van der Waals surface area contributed by atoms with Gasteiger partial charge < -0.3 is 10.8 Å². The smallest absolute Gasteiger partial charge is 0.137 e. The minimum atomic E-state index is -0.346. The number of benzene rings is 1. The number of hydrogen-bond acceptors (Lipinski definition) is 2. The minimum absolute atomic E-state index is 0.174. The van der Waals surface area contributed by atoms with Crippen LogP contribution in [-0.2, 0) is 6.42 Å². The van der Waals surface area contributed by atoms with Gasteiger partial charge in [0.1, 0.15) is 5.75 Å². The predicted molar refractivity (Wildman–Crippen MR) is 64.6 cm³/mol. The maximum Gasteiger partial charge on any atom is 0.137 e. The van der Waals surface area contributed by atoms with Gasteiger partial charge in [-0.2, -0.15) is 0 Å². The summed E-state index contributed by atoms with van der Waals surface area (Å²) in [6.07, 6.45) is 0.616. The second kappa shape index (κ2) is 4.03. The van der Waals surface area contributed by atoms with Crippen molar-refractivity contribution in [1.82, 2.24) is 0 Å². The van der Waals surface area contributed by atoms with Crippen molar-refractivity contribution in [3.63, 3.8) is 0 Å². The van der Waals surface area contributed by atoms with Gasteiger partial charge in [0, 0.05) is 11.1 Å². The monoisotopic (exact) mass is 227 g/mol. The third-order valence-electron chi connectivity index (χ3n) is 2.38. The van der Waals surface area contributed by atoms with E-state index >= 15 is 0 Å². The first-order chi connectivity index (χ1) is 6.72. The average Bonchev–Trinajstić information content (AvgIpc) is 2.07. The molecule has 0 aliphatic heterocycles. The van der Waals surface area contributed by atoms with Gasteiger partial charge in [-0.15, -0.1) is 0 Å². The van der Waals surface area contributed by atoms with Crippen molar-refractivity contribution < 1.29 is 5.11 Å². The van der Waals surface area contributed by atoms with E-state index in [0.717, 1.165) is 16.7 Å². The van der Waals surface area contributed by atoms with E-state index in [2.05, 4.69) is 0 Å². The molecule has 1 aromatic rings. The highest BCUT2D eigenvalue weighted by Gasteiger charge is 2.18. The van der Waals surface area contributed by atoms with E-state index < -0.39 is 0 Å². The summed E-state index contributed by atoms with van der Waals surface area (Å²) in [6.45, 7) is 7.70. The lowest BCUT2D eigenvalue weighted by Gasteiger charge is -2.21. The van der Waals surface area contributed by atoms with E-state index in [0.29, 0.717) is 11.4 Å². The van der Waals surface area contributed by atoms with Crippen LogP contribution in [0.25, 0.3) is 0 Å². The van der Waals surface area contributed by atoms with Crippen LogP contribution < -0.4 is 5.73 Å². The Labute approximate surface area is 96.1 Å². The molecule has 0 fully saturated rings. The van der Waals surface area contributed by atoms with Gasteiger partial charge in [0.15, 0.2) is 0 Å². The van der Waals surface area contributed by atoms with Crippen LogP contribution in [0.3, 0.4) is 0 Å². The Bertz CT molecular complexity index is 380. The number of aromatic hydroxyl groups is 1. The summed E-state index contributed by atoms with van der Waals surface area (Å²) in [5.41, 5.74) is 8.37. The highest BCUT2D eigenvalue weighted by atomic mass is 35.5. The number of nitrogens with two attached hydrogens (primary N) is 1. The van der Waals surface area contributed by atoms with Gasteiger partial charge in [0.05, 0.1) is 5.02 Å². The molecule has 0 amide bonds. The van der Waals surface area contributed by atoms with Crippen molar-refractivity contribution in [2.75, 3.05) is 0 Å². The summed E-state index contributed by atoms with van der Waals surface area (Å²) >= 11 is 5.99. The Balaban J connectivity index is 3.24. The summed E-state index contributed by atoms with van der Waals surface area (Å²) in [7, 11) is 0.